The van der Waals surface area contributed by atoms with Crippen LogP contribution < -0.4 is 0 Å². The predicted molar refractivity (Wildman–Crippen MR) is 118 cm³/mol. The minimum absolute atomic E-state index is 0.184. The Morgan fingerprint density at radius 3 is 1.34 bits per heavy atom. The van der Waals surface area contributed by atoms with Crippen LogP contribution in [0, 0.1) is 0 Å². The van der Waals surface area contributed by atoms with Crippen LogP contribution in [-0.2, 0) is 22.6 Å². The molecule has 0 aliphatic carbocycles. The van der Waals surface area contributed by atoms with Gasteiger partial charge >= 0.3 is 0 Å². The Labute approximate surface area is 186 Å². The van der Waals surface area contributed by atoms with E-state index in [1.54, 1.807) is 12.2 Å². The van der Waals surface area contributed by atoms with Crippen LogP contribution in [0.5, 0.6) is 34.5 Å². The van der Waals surface area contributed by atoms with Gasteiger partial charge in [0.1, 0.15) is 0 Å². The fourth-order valence-corrected chi connectivity index (χ4v) is 3.12. The molecule has 2 aromatic rings. The van der Waals surface area contributed by atoms with Crippen LogP contribution in [0.1, 0.15) is 11.1 Å². The first-order valence-electron chi connectivity index (χ1n) is 9.85. The topological polar surface area (TPSA) is 143 Å². The minimum atomic E-state index is -0.617. The highest BCUT2D eigenvalue weighted by atomic mass is 16.5. The van der Waals surface area contributed by atoms with Gasteiger partial charge in [-0.3, -0.25) is 4.90 Å². The smallest absolute Gasteiger partial charge is 0.200 e. The molecule has 0 spiro atoms. The molecule has 0 fully saturated rings. The van der Waals surface area contributed by atoms with E-state index in [9.17, 15) is 30.6 Å². The van der Waals surface area contributed by atoms with E-state index in [4.69, 9.17) is 9.47 Å². The van der Waals surface area contributed by atoms with Crippen LogP contribution in [0.3, 0.4) is 0 Å². The number of ether oxygens (including phenoxy) is 2. The van der Waals surface area contributed by atoms with Gasteiger partial charge in [-0.05, 0) is 35.4 Å². The first kappa shape index (κ1) is 24.9. The molecule has 6 N–H and O–H groups in total. The molecule has 0 bridgehead atoms. The molecule has 0 amide bonds. The van der Waals surface area contributed by atoms with Crippen molar-refractivity contribution >= 4 is 0 Å². The monoisotopic (exact) mass is 447 g/mol. The second kappa shape index (κ2) is 11.8. The van der Waals surface area contributed by atoms with Crippen molar-refractivity contribution in [1.29, 1.82) is 0 Å². The number of phenolic OH excluding ortho intramolecular Hbond substituents is 6. The number of hydrogen-bond donors (Lipinski definition) is 6. The third-order valence-corrected chi connectivity index (χ3v) is 4.64. The van der Waals surface area contributed by atoms with Gasteiger partial charge in [0.25, 0.3) is 0 Å². The molecule has 0 heterocycles. The third-order valence-electron chi connectivity index (χ3n) is 4.64. The van der Waals surface area contributed by atoms with E-state index in [2.05, 4.69) is 13.2 Å². The standard InChI is InChI=1S/C23H29NO8/c1-3-5-31-13-17(14-32-6-4-2)24(11-15-7-18(25)22(29)19(26)8-15)12-16-9-20(27)23(30)21(28)10-16/h3-4,7-10,17,25-30H,1-2,5-6,11-14H2. The number of benzene rings is 2. The Bertz CT molecular complexity index is 811. The lowest BCUT2D eigenvalue weighted by Crippen LogP contribution is -2.41. The lowest BCUT2D eigenvalue weighted by atomic mass is 10.1. The van der Waals surface area contributed by atoms with Crippen molar-refractivity contribution in [3.05, 3.63) is 60.7 Å². The van der Waals surface area contributed by atoms with Crippen LogP contribution in [0.25, 0.3) is 0 Å². The molecule has 0 radical (unpaired) electrons. The zero-order valence-electron chi connectivity index (χ0n) is 17.6. The van der Waals surface area contributed by atoms with Gasteiger partial charge in [-0.1, -0.05) is 12.2 Å². The number of hydrogen-bond acceptors (Lipinski definition) is 9. The van der Waals surface area contributed by atoms with Gasteiger partial charge in [-0.15, -0.1) is 13.2 Å². The van der Waals surface area contributed by atoms with Crippen LogP contribution in [0.15, 0.2) is 49.6 Å². The molecule has 0 aliphatic heterocycles. The second-order valence-electron chi connectivity index (χ2n) is 7.18. The van der Waals surface area contributed by atoms with Crippen LogP contribution in [-0.4, -0.2) is 68.0 Å². The van der Waals surface area contributed by atoms with Crippen molar-refractivity contribution in [1.82, 2.24) is 4.90 Å². The van der Waals surface area contributed by atoms with E-state index in [1.807, 2.05) is 4.90 Å². The molecule has 174 valence electrons. The Morgan fingerprint density at radius 1 is 0.688 bits per heavy atom. The summed E-state index contributed by atoms with van der Waals surface area (Å²) in [6, 6.07) is 4.95. The molecular formula is C23H29NO8. The summed E-state index contributed by atoms with van der Waals surface area (Å²) in [6.45, 7) is 8.74. The largest absolute Gasteiger partial charge is 0.504 e. The fraction of sp³-hybridized carbons (Fsp3) is 0.304. The van der Waals surface area contributed by atoms with Crippen molar-refractivity contribution in [2.45, 2.75) is 19.1 Å². The third kappa shape index (κ3) is 6.81. The van der Waals surface area contributed by atoms with Gasteiger partial charge in [-0.25, -0.2) is 0 Å². The molecular weight excluding hydrogens is 418 g/mol. The SMILES string of the molecule is C=CCOCC(COCC=C)N(Cc1cc(O)c(O)c(O)c1)Cc1cc(O)c(O)c(O)c1. The molecule has 0 atom stereocenters. The molecule has 2 rings (SSSR count). The molecule has 0 saturated carbocycles. The van der Waals surface area contributed by atoms with Gasteiger partial charge in [0.05, 0.1) is 32.5 Å². The highest BCUT2D eigenvalue weighted by Crippen LogP contribution is 2.37. The molecule has 0 aliphatic rings. The van der Waals surface area contributed by atoms with E-state index < -0.39 is 34.5 Å². The maximum absolute atomic E-state index is 9.88. The van der Waals surface area contributed by atoms with Crippen molar-refractivity contribution < 1.29 is 40.1 Å². The normalized spacial score (nSPS) is 11.2. The molecule has 9 heteroatoms. The summed E-state index contributed by atoms with van der Waals surface area (Å²) in [6.07, 6.45) is 3.22. The van der Waals surface area contributed by atoms with Gasteiger partial charge in [0.2, 0.25) is 0 Å². The van der Waals surface area contributed by atoms with Gasteiger partial charge < -0.3 is 40.1 Å². The first-order chi connectivity index (χ1) is 15.3. The zero-order valence-corrected chi connectivity index (χ0v) is 17.6. The van der Waals surface area contributed by atoms with E-state index in [0.29, 0.717) is 24.3 Å². The van der Waals surface area contributed by atoms with Gasteiger partial charge in [0, 0.05) is 13.1 Å². The van der Waals surface area contributed by atoms with Crippen molar-refractivity contribution in [3.63, 3.8) is 0 Å². The number of phenols is 6. The lowest BCUT2D eigenvalue weighted by Gasteiger charge is -2.32. The summed E-state index contributed by atoms with van der Waals surface area (Å²) < 4.78 is 11.2. The highest BCUT2D eigenvalue weighted by Gasteiger charge is 2.22. The predicted octanol–water partition coefficient (Wildman–Crippen LogP) is 2.70. The Balaban J connectivity index is 2.37. The molecule has 0 saturated heterocycles. The molecule has 9 nitrogen and oxygen atoms in total. The Kier molecular flexibility index (Phi) is 9.21. The Morgan fingerprint density at radius 2 is 1.03 bits per heavy atom. The van der Waals surface area contributed by atoms with Crippen molar-refractivity contribution in [3.8, 4) is 34.5 Å². The average Bonchev–Trinajstić information content (AvgIpc) is 2.74. The molecule has 32 heavy (non-hydrogen) atoms. The summed E-state index contributed by atoms with van der Waals surface area (Å²) in [7, 11) is 0. The summed E-state index contributed by atoms with van der Waals surface area (Å²) in [5.74, 6) is -3.11. The van der Waals surface area contributed by atoms with Gasteiger partial charge in [0.15, 0.2) is 34.5 Å². The lowest BCUT2D eigenvalue weighted by molar-refractivity contribution is 0.0108. The van der Waals surface area contributed by atoms with E-state index in [1.165, 1.54) is 24.3 Å². The van der Waals surface area contributed by atoms with E-state index >= 15 is 0 Å². The number of nitrogens with zero attached hydrogens (tertiary/aromatic N) is 1. The molecule has 2 aromatic carbocycles. The fourth-order valence-electron chi connectivity index (χ4n) is 3.12. The second-order valence-corrected chi connectivity index (χ2v) is 7.18. The maximum Gasteiger partial charge on any atom is 0.200 e. The first-order valence-corrected chi connectivity index (χ1v) is 9.85. The van der Waals surface area contributed by atoms with Gasteiger partial charge in [-0.2, -0.15) is 0 Å². The van der Waals surface area contributed by atoms with Crippen molar-refractivity contribution in [2.75, 3.05) is 26.4 Å². The van der Waals surface area contributed by atoms with Crippen LogP contribution in [0.2, 0.25) is 0 Å². The van der Waals surface area contributed by atoms with E-state index in [0.717, 1.165) is 0 Å². The molecule has 0 aromatic heterocycles. The zero-order chi connectivity index (χ0) is 23.7. The Hall–Kier alpha value is -3.40. The van der Waals surface area contributed by atoms with Crippen LogP contribution >= 0.6 is 0 Å². The van der Waals surface area contributed by atoms with Crippen molar-refractivity contribution in [2.24, 2.45) is 0 Å². The highest BCUT2D eigenvalue weighted by molar-refractivity contribution is 5.52. The summed E-state index contributed by atoms with van der Waals surface area (Å²) in [4.78, 5) is 1.88. The maximum atomic E-state index is 9.88. The summed E-state index contributed by atoms with van der Waals surface area (Å²) in [5.41, 5.74) is 0.977. The van der Waals surface area contributed by atoms with Crippen LogP contribution in [0.4, 0.5) is 0 Å². The quantitative estimate of drug-likeness (QED) is 0.155. The number of rotatable bonds is 13. The van der Waals surface area contributed by atoms with E-state index in [-0.39, 0.29) is 32.3 Å². The summed E-state index contributed by atoms with van der Waals surface area (Å²) in [5, 5.41) is 58.8. The average molecular weight is 447 g/mol. The molecule has 0 unspecified atom stereocenters. The number of aromatic hydroxyl groups is 6. The summed E-state index contributed by atoms with van der Waals surface area (Å²) >= 11 is 0. The minimum Gasteiger partial charge on any atom is -0.504 e.